The van der Waals surface area contributed by atoms with Gasteiger partial charge in [0.25, 0.3) is 0 Å². The minimum absolute atomic E-state index is 0.102. The molecule has 1 aliphatic heterocycles. The molecule has 2 aliphatic rings. The van der Waals surface area contributed by atoms with Crippen molar-refractivity contribution in [2.45, 2.75) is 71.9 Å². The molecule has 5 atom stereocenters. The first-order valence-electron chi connectivity index (χ1n) is 8.41. The van der Waals surface area contributed by atoms with Crippen LogP contribution in [0.5, 0.6) is 0 Å². The average Bonchev–Trinajstić information content (AvgIpc) is 2.53. The molecule has 19 heavy (non-hydrogen) atoms. The van der Waals surface area contributed by atoms with Gasteiger partial charge in [0.1, 0.15) is 0 Å². The van der Waals surface area contributed by atoms with Crippen molar-refractivity contribution >= 4 is 0 Å². The van der Waals surface area contributed by atoms with Crippen LogP contribution < -0.4 is 0 Å². The Morgan fingerprint density at radius 1 is 1.05 bits per heavy atom. The molecule has 2 nitrogen and oxygen atoms in total. The van der Waals surface area contributed by atoms with Crippen LogP contribution in [0.1, 0.15) is 59.8 Å². The number of likely N-dealkylation sites (tertiary alicyclic amines) is 1. The van der Waals surface area contributed by atoms with Gasteiger partial charge in [-0.25, -0.2) is 0 Å². The topological polar surface area (TPSA) is 23.5 Å². The smallest absolute Gasteiger partial charge is 0.0700 e. The van der Waals surface area contributed by atoms with Crippen molar-refractivity contribution in [3.05, 3.63) is 0 Å². The molecule has 2 heteroatoms. The normalized spacial score (nSPS) is 42.3. The van der Waals surface area contributed by atoms with Gasteiger partial charge in [0.2, 0.25) is 0 Å². The Labute approximate surface area is 119 Å². The highest BCUT2D eigenvalue weighted by Gasteiger charge is 2.37. The Kier molecular flexibility index (Phi) is 5.30. The number of aliphatic hydroxyl groups excluding tert-OH is 1. The fourth-order valence-electron chi connectivity index (χ4n) is 4.51. The molecule has 1 heterocycles. The Morgan fingerprint density at radius 2 is 1.79 bits per heavy atom. The van der Waals surface area contributed by atoms with Crippen LogP contribution >= 0.6 is 0 Å². The molecule has 2 rings (SSSR count). The van der Waals surface area contributed by atoms with Crippen molar-refractivity contribution in [2.75, 3.05) is 13.1 Å². The molecule has 1 N–H and O–H groups in total. The Morgan fingerprint density at radius 3 is 2.42 bits per heavy atom. The number of nitrogens with zero attached hydrogens (tertiary/aromatic N) is 1. The van der Waals surface area contributed by atoms with E-state index in [9.17, 15) is 5.11 Å². The van der Waals surface area contributed by atoms with Crippen molar-refractivity contribution in [1.29, 1.82) is 0 Å². The van der Waals surface area contributed by atoms with E-state index < -0.39 is 0 Å². The molecule has 2 fully saturated rings. The van der Waals surface area contributed by atoms with Crippen LogP contribution in [0.25, 0.3) is 0 Å². The summed E-state index contributed by atoms with van der Waals surface area (Å²) < 4.78 is 0. The summed E-state index contributed by atoms with van der Waals surface area (Å²) in [4.78, 5) is 2.61. The minimum Gasteiger partial charge on any atom is -0.391 e. The minimum atomic E-state index is -0.102. The quantitative estimate of drug-likeness (QED) is 0.827. The van der Waals surface area contributed by atoms with Gasteiger partial charge in [0.15, 0.2) is 0 Å². The standard InChI is InChI=1S/C17H33NO/c1-12(2)15-6-5-8-18(9-7-15)17-14(4)10-13(3)11-16(17)19/h12-17,19H,5-11H2,1-4H3. The van der Waals surface area contributed by atoms with Crippen molar-refractivity contribution in [3.63, 3.8) is 0 Å². The molecule has 5 unspecified atom stereocenters. The number of hydrogen-bond donors (Lipinski definition) is 1. The molecule has 112 valence electrons. The zero-order valence-electron chi connectivity index (χ0n) is 13.3. The monoisotopic (exact) mass is 267 g/mol. The third kappa shape index (κ3) is 3.72. The maximum Gasteiger partial charge on any atom is 0.0700 e. The molecule has 0 spiro atoms. The van der Waals surface area contributed by atoms with Gasteiger partial charge in [-0.3, -0.25) is 4.90 Å². The van der Waals surface area contributed by atoms with Gasteiger partial charge in [0, 0.05) is 6.04 Å². The van der Waals surface area contributed by atoms with Crippen LogP contribution in [0, 0.1) is 23.7 Å². The van der Waals surface area contributed by atoms with Crippen LogP contribution in [-0.2, 0) is 0 Å². The molecule has 0 radical (unpaired) electrons. The van der Waals surface area contributed by atoms with Gasteiger partial charge < -0.3 is 5.11 Å². The molecule has 1 aliphatic carbocycles. The van der Waals surface area contributed by atoms with Gasteiger partial charge >= 0.3 is 0 Å². The molecule has 0 amide bonds. The van der Waals surface area contributed by atoms with E-state index in [1.165, 1.54) is 38.8 Å². The Bertz CT molecular complexity index is 266. The highest BCUT2D eigenvalue weighted by atomic mass is 16.3. The predicted molar refractivity (Wildman–Crippen MR) is 81.1 cm³/mol. The first-order chi connectivity index (χ1) is 8.99. The summed E-state index contributed by atoms with van der Waals surface area (Å²) >= 11 is 0. The van der Waals surface area contributed by atoms with E-state index in [0.717, 1.165) is 18.3 Å². The number of hydrogen-bond acceptors (Lipinski definition) is 2. The molecule has 0 aromatic heterocycles. The molecule has 1 saturated heterocycles. The highest BCUT2D eigenvalue weighted by molar-refractivity contribution is 4.91. The summed E-state index contributed by atoms with van der Waals surface area (Å²) in [7, 11) is 0. The molecule has 0 aromatic rings. The number of rotatable bonds is 2. The lowest BCUT2D eigenvalue weighted by Gasteiger charge is -2.43. The summed E-state index contributed by atoms with van der Waals surface area (Å²) in [5.74, 6) is 3.04. The second kappa shape index (κ2) is 6.58. The molecular weight excluding hydrogens is 234 g/mol. The van der Waals surface area contributed by atoms with E-state index in [2.05, 4.69) is 32.6 Å². The maximum absolute atomic E-state index is 10.5. The van der Waals surface area contributed by atoms with Gasteiger partial charge in [-0.2, -0.15) is 0 Å². The van der Waals surface area contributed by atoms with Crippen LogP contribution in [0.2, 0.25) is 0 Å². The summed E-state index contributed by atoms with van der Waals surface area (Å²) in [6.07, 6.45) is 6.19. The van der Waals surface area contributed by atoms with Crippen LogP contribution in [0.15, 0.2) is 0 Å². The zero-order valence-corrected chi connectivity index (χ0v) is 13.3. The Hall–Kier alpha value is -0.0800. The second-order valence-electron chi connectivity index (χ2n) is 7.58. The van der Waals surface area contributed by atoms with Crippen molar-refractivity contribution in [2.24, 2.45) is 23.7 Å². The van der Waals surface area contributed by atoms with Crippen LogP contribution in [0.3, 0.4) is 0 Å². The molecule has 1 saturated carbocycles. The van der Waals surface area contributed by atoms with Gasteiger partial charge in [-0.1, -0.05) is 27.7 Å². The number of aliphatic hydroxyl groups is 1. The molecule has 0 bridgehead atoms. The summed E-state index contributed by atoms with van der Waals surface area (Å²) in [6, 6.07) is 0.419. The van der Waals surface area contributed by atoms with E-state index in [1.54, 1.807) is 0 Å². The fourth-order valence-corrected chi connectivity index (χ4v) is 4.51. The fraction of sp³-hybridized carbons (Fsp3) is 1.00. The van der Waals surface area contributed by atoms with Crippen molar-refractivity contribution in [3.8, 4) is 0 Å². The van der Waals surface area contributed by atoms with Crippen molar-refractivity contribution < 1.29 is 5.11 Å². The third-order valence-corrected chi connectivity index (χ3v) is 5.57. The summed E-state index contributed by atoms with van der Waals surface area (Å²) in [6.45, 7) is 11.7. The van der Waals surface area contributed by atoms with Crippen LogP contribution in [-0.4, -0.2) is 35.2 Å². The van der Waals surface area contributed by atoms with Gasteiger partial charge in [0.05, 0.1) is 6.10 Å². The average molecular weight is 267 g/mol. The van der Waals surface area contributed by atoms with Crippen LogP contribution in [0.4, 0.5) is 0 Å². The van der Waals surface area contributed by atoms with E-state index in [-0.39, 0.29) is 6.10 Å². The first-order valence-corrected chi connectivity index (χ1v) is 8.41. The molecule has 0 aromatic carbocycles. The lowest BCUT2D eigenvalue weighted by molar-refractivity contribution is -0.0236. The van der Waals surface area contributed by atoms with Gasteiger partial charge in [-0.15, -0.1) is 0 Å². The maximum atomic E-state index is 10.5. The lowest BCUT2D eigenvalue weighted by Crippen LogP contribution is -2.51. The zero-order chi connectivity index (χ0) is 14.0. The van der Waals surface area contributed by atoms with Crippen molar-refractivity contribution in [1.82, 2.24) is 4.90 Å². The summed E-state index contributed by atoms with van der Waals surface area (Å²) in [5.41, 5.74) is 0. The lowest BCUT2D eigenvalue weighted by atomic mass is 9.77. The van der Waals surface area contributed by atoms with E-state index in [4.69, 9.17) is 0 Å². The SMILES string of the molecule is CC1CC(C)C(N2CCCC(C(C)C)CC2)C(O)C1. The van der Waals surface area contributed by atoms with Gasteiger partial charge in [-0.05, 0) is 68.9 Å². The highest BCUT2D eigenvalue weighted by Crippen LogP contribution is 2.34. The Balaban J connectivity index is 1.97. The first kappa shape index (κ1) is 15.3. The predicted octanol–water partition coefficient (Wildman–Crippen LogP) is 3.54. The van der Waals surface area contributed by atoms with E-state index in [1.807, 2.05) is 0 Å². The summed E-state index contributed by atoms with van der Waals surface area (Å²) in [5, 5.41) is 10.5. The van der Waals surface area contributed by atoms with E-state index in [0.29, 0.717) is 17.9 Å². The molecular formula is C17H33NO. The third-order valence-electron chi connectivity index (χ3n) is 5.57. The van der Waals surface area contributed by atoms with E-state index >= 15 is 0 Å². The largest absolute Gasteiger partial charge is 0.391 e. The second-order valence-corrected chi connectivity index (χ2v) is 7.58.